The number of benzene rings is 2. The zero-order valence-corrected chi connectivity index (χ0v) is 14.3. The smallest absolute Gasteiger partial charge is 0.275 e. The molecule has 6 heteroatoms. The molecule has 126 valence electrons. The van der Waals surface area contributed by atoms with Crippen molar-refractivity contribution in [1.29, 1.82) is 0 Å². The van der Waals surface area contributed by atoms with E-state index in [1.807, 2.05) is 49.3 Å². The van der Waals surface area contributed by atoms with E-state index >= 15 is 0 Å². The van der Waals surface area contributed by atoms with Crippen LogP contribution >= 0.6 is 12.4 Å². The summed E-state index contributed by atoms with van der Waals surface area (Å²) < 4.78 is 0. The molecule has 2 rings (SSSR count). The number of nitrogens with one attached hydrogen (secondary N) is 1. The van der Waals surface area contributed by atoms with E-state index in [4.69, 9.17) is 0 Å². The van der Waals surface area contributed by atoms with Crippen LogP contribution in [0.15, 0.2) is 59.7 Å². The lowest BCUT2D eigenvalue weighted by atomic mass is 10.2. The maximum absolute atomic E-state index is 11.8. The van der Waals surface area contributed by atoms with E-state index < -0.39 is 5.91 Å². The van der Waals surface area contributed by atoms with Gasteiger partial charge in [0, 0.05) is 26.0 Å². The Labute approximate surface area is 147 Å². The molecule has 0 radical (unpaired) electrons. The first-order chi connectivity index (χ1) is 11.1. The molecule has 0 heterocycles. The van der Waals surface area contributed by atoms with Gasteiger partial charge in [-0.25, -0.2) is 5.43 Å². The Bertz CT molecular complexity index is 725. The van der Waals surface area contributed by atoms with E-state index in [1.165, 1.54) is 18.3 Å². The third kappa shape index (κ3) is 5.44. The molecule has 0 aromatic heterocycles. The SMILES string of the molecule is CN(C)c1ccc(C=CC=NNC(=O)c2ccccc2O)cc1.Cl. The first-order valence-electron chi connectivity index (χ1n) is 7.13. The van der Waals surface area contributed by atoms with E-state index in [0.717, 1.165) is 11.3 Å². The molecule has 2 N–H and O–H groups in total. The molecule has 0 aliphatic carbocycles. The Morgan fingerprint density at radius 2 is 1.79 bits per heavy atom. The Balaban J connectivity index is 0.00000288. The van der Waals surface area contributed by atoms with Gasteiger partial charge in [-0.05, 0) is 35.9 Å². The van der Waals surface area contributed by atoms with Crippen molar-refractivity contribution >= 4 is 36.3 Å². The molecule has 1 amide bonds. The second-order valence-corrected chi connectivity index (χ2v) is 5.08. The fourth-order valence-electron chi connectivity index (χ4n) is 1.90. The number of allylic oxidation sites excluding steroid dienone is 1. The number of halogens is 1. The molecule has 0 saturated heterocycles. The lowest BCUT2D eigenvalue weighted by Gasteiger charge is -2.11. The van der Waals surface area contributed by atoms with E-state index in [-0.39, 0.29) is 23.7 Å². The number of hydrazone groups is 1. The molecule has 0 fully saturated rings. The number of carbonyl (C=O) groups is 1. The summed E-state index contributed by atoms with van der Waals surface area (Å²) >= 11 is 0. The summed E-state index contributed by atoms with van der Waals surface area (Å²) in [4.78, 5) is 13.8. The lowest BCUT2D eigenvalue weighted by molar-refractivity contribution is 0.0952. The summed E-state index contributed by atoms with van der Waals surface area (Å²) in [5, 5.41) is 13.4. The monoisotopic (exact) mass is 345 g/mol. The lowest BCUT2D eigenvalue weighted by Crippen LogP contribution is -2.17. The average molecular weight is 346 g/mol. The molecule has 5 nitrogen and oxygen atoms in total. The summed E-state index contributed by atoms with van der Waals surface area (Å²) in [7, 11) is 3.98. The van der Waals surface area contributed by atoms with Gasteiger partial charge in [-0.3, -0.25) is 4.79 Å². The predicted molar refractivity (Wildman–Crippen MR) is 101 cm³/mol. The Morgan fingerprint density at radius 1 is 1.12 bits per heavy atom. The Hall–Kier alpha value is -2.79. The van der Waals surface area contributed by atoms with Crippen LogP contribution in [0.5, 0.6) is 5.75 Å². The third-order valence-electron chi connectivity index (χ3n) is 3.17. The number of amides is 1. The second-order valence-electron chi connectivity index (χ2n) is 5.08. The van der Waals surface area contributed by atoms with Crippen molar-refractivity contribution in [3.8, 4) is 5.75 Å². The first kappa shape index (κ1) is 19.3. The molecule has 0 aliphatic heterocycles. The Kier molecular flexibility index (Phi) is 7.52. The standard InChI is InChI=1S/C18H19N3O2.ClH/c1-21(2)15-11-9-14(10-12-15)6-5-13-19-20-18(23)16-7-3-4-8-17(16)22;/h3-13,22H,1-2H3,(H,20,23);1H. The van der Waals surface area contributed by atoms with E-state index in [1.54, 1.807) is 18.2 Å². The highest BCUT2D eigenvalue weighted by atomic mass is 35.5. The van der Waals surface area contributed by atoms with Gasteiger partial charge >= 0.3 is 0 Å². The van der Waals surface area contributed by atoms with Crippen LogP contribution in [0.1, 0.15) is 15.9 Å². The van der Waals surface area contributed by atoms with Crippen LogP contribution in [0.2, 0.25) is 0 Å². The number of hydrogen-bond donors (Lipinski definition) is 2. The van der Waals surface area contributed by atoms with Crippen LogP contribution in [-0.4, -0.2) is 31.3 Å². The van der Waals surface area contributed by atoms with Gasteiger partial charge < -0.3 is 10.0 Å². The van der Waals surface area contributed by atoms with Gasteiger partial charge in [0.15, 0.2) is 0 Å². The van der Waals surface area contributed by atoms with Gasteiger partial charge in [-0.15, -0.1) is 12.4 Å². The van der Waals surface area contributed by atoms with Crippen LogP contribution in [0.4, 0.5) is 5.69 Å². The van der Waals surface area contributed by atoms with Crippen molar-refractivity contribution in [2.75, 3.05) is 19.0 Å². The summed E-state index contributed by atoms with van der Waals surface area (Å²) in [6.45, 7) is 0. The second kappa shape index (κ2) is 9.37. The summed E-state index contributed by atoms with van der Waals surface area (Å²) in [6.07, 6.45) is 5.10. The van der Waals surface area contributed by atoms with Crippen LogP contribution in [0.3, 0.4) is 0 Å². The van der Waals surface area contributed by atoms with Crippen LogP contribution < -0.4 is 10.3 Å². The highest BCUT2D eigenvalue weighted by Crippen LogP contribution is 2.15. The number of phenolic OH excluding ortho intramolecular Hbond substituents is 1. The van der Waals surface area contributed by atoms with Gasteiger partial charge in [-0.1, -0.05) is 30.3 Å². The van der Waals surface area contributed by atoms with Crippen molar-refractivity contribution in [3.05, 3.63) is 65.7 Å². The van der Waals surface area contributed by atoms with Crippen molar-refractivity contribution in [1.82, 2.24) is 5.43 Å². The molecule has 0 unspecified atom stereocenters. The highest BCUT2D eigenvalue weighted by Gasteiger charge is 2.08. The fraction of sp³-hybridized carbons (Fsp3) is 0.111. The topological polar surface area (TPSA) is 64.9 Å². The van der Waals surface area contributed by atoms with E-state index in [0.29, 0.717) is 0 Å². The number of para-hydroxylation sites is 1. The van der Waals surface area contributed by atoms with E-state index in [2.05, 4.69) is 10.5 Å². The van der Waals surface area contributed by atoms with Crippen molar-refractivity contribution in [3.63, 3.8) is 0 Å². The maximum atomic E-state index is 11.8. The molecule has 0 aliphatic rings. The summed E-state index contributed by atoms with van der Waals surface area (Å²) in [6, 6.07) is 14.4. The number of hydrogen-bond acceptors (Lipinski definition) is 4. The normalized spacial score (nSPS) is 10.6. The van der Waals surface area contributed by atoms with Gasteiger partial charge in [0.25, 0.3) is 5.91 Å². The highest BCUT2D eigenvalue weighted by molar-refractivity contribution is 5.97. The average Bonchev–Trinajstić information content (AvgIpc) is 2.55. The first-order valence-corrected chi connectivity index (χ1v) is 7.13. The quantitative estimate of drug-likeness (QED) is 0.645. The molecule has 2 aromatic carbocycles. The number of aromatic hydroxyl groups is 1. The number of carbonyl (C=O) groups excluding carboxylic acids is 1. The zero-order valence-electron chi connectivity index (χ0n) is 13.5. The van der Waals surface area contributed by atoms with Gasteiger partial charge in [0.2, 0.25) is 0 Å². The summed E-state index contributed by atoms with van der Waals surface area (Å²) in [5.41, 5.74) is 4.72. The molecule has 0 bridgehead atoms. The molecular weight excluding hydrogens is 326 g/mol. The maximum Gasteiger partial charge on any atom is 0.275 e. The Morgan fingerprint density at radius 3 is 2.42 bits per heavy atom. The molecular formula is C18H20ClN3O2. The number of anilines is 1. The van der Waals surface area contributed by atoms with Gasteiger partial charge in [0.1, 0.15) is 5.75 Å². The predicted octanol–water partition coefficient (Wildman–Crippen LogP) is 3.31. The fourth-order valence-corrected chi connectivity index (χ4v) is 1.90. The molecule has 0 saturated carbocycles. The number of rotatable bonds is 5. The largest absolute Gasteiger partial charge is 0.507 e. The van der Waals surface area contributed by atoms with Crippen molar-refractivity contribution in [2.24, 2.45) is 5.10 Å². The van der Waals surface area contributed by atoms with Crippen molar-refractivity contribution < 1.29 is 9.90 Å². The minimum Gasteiger partial charge on any atom is -0.507 e. The van der Waals surface area contributed by atoms with E-state index in [9.17, 15) is 9.90 Å². The third-order valence-corrected chi connectivity index (χ3v) is 3.17. The molecule has 0 spiro atoms. The molecule has 0 atom stereocenters. The minimum absolute atomic E-state index is 0. The van der Waals surface area contributed by atoms with Crippen LogP contribution in [0, 0.1) is 0 Å². The summed E-state index contributed by atoms with van der Waals surface area (Å²) in [5.74, 6) is -0.528. The molecule has 2 aromatic rings. The van der Waals surface area contributed by atoms with Gasteiger partial charge in [-0.2, -0.15) is 5.10 Å². The minimum atomic E-state index is -0.455. The van der Waals surface area contributed by atoms with Gasteiger partial charge in [0.05, 0.1) is 5.56 Å². The van der Waals surface area contributed by atoms with Crippen molar-refractivity contribution in [2.45, 2.75) is 0 Å². The number of nitrogens with zero attached hydrogens (tertiary/aromatic N) is 2. The zero-order chi connectivity index (χ0) is 16.7. The van der Waals surface area contributed by atoms with Crippen LogP contribution in [0.25, 0.3) is 6.08 Å². The number of phenols is 1. The van der Waals surface area contributed by atoms with Crippen LogP contribution in [-0.2, 0) is 0 Å². The molecule has 24 heavy (non-hydrogen) atoms.